The number of hydrogen-bond acceptors (Lipinski definition) is 4. The summed E-state index contributed by atoms with van der Waals surface area (Å²) in [5.41, 5.74) is 0.718. The molecule has 23 heavy (non-hydrogen) atoms. The molecule has 2 aliphatic rings. The van der Waals surface area contributed by atoms with Gasteiger partial charge in [0, 0.05) is 13.0 Å². The average molecular weight is 319 g/mol. The second kappa shape index (κ2) is 7.47. The van der Waals surface area contributed by atoms with Crippen LogP contribution in [0.1, 0.15) is 61.2 Å². The molecule has 0 aromatic carbocycles. The molecule has 5 nitrogen and oxygen atoms in total. The van der Waals surface area contributed by atoms with Crippen molar-refractivity contribution in [1.29, 1.82) is 0 Å². The summed E-state index contributed by atoms with van der Waals surface area (Å²) in [7, 11) is 0. The topological polar surface area (TPSA) is 58.4 Å². The molecule has 0 radical (unpaired) electrons. The maximum atomic E-state index is 12.3. The second-order valence-corrected chi connectivity index (χ2v) is 7.16. The molecule has 3 rings (SSSR count). The summed E-state index contributed by atoms with van der Waals surface area (Å²) >= 11 is 0. The number of nitrogens with one attached hydrogen (secondary N) is 1. The molecular formula is C18H29N3O2. The standard InChI is InChI=1S/C18H29N3O2/c1-3-8-21-9-6-15(7-10-21)12-19-18(22)17-13(2)20-16(23-17)11-14-4-5-14/h14-15H,3-12H2,1-2H3,(H,19,22). The van der Waals surface area contributed by atoms with Gasteiger partial charge in [0.1, 0.15) is 0 Å². The number of carbonyl (C=O) groups is 1. The number of carbonyl (C=O) groups excluding carboxylic acids is 1. The van der Waals surface area contributed by atoms with Crippen molar-refractivity contribution in [2.45, 2.75) is 52.4 Å². The molecule has 2 heterocycles. The summed E-state index contributed by atoms with van der Waals surface area (Å²) in [5, 5.41) is 3.05. The Morgan fingerprint density at radius 1 is 1.26 bits per heavy atom. The number of likely N-dealkylation sites (tertiary alicyclic amines) is 1. The van der Waals surface area contributed by atoms with E-state index in [0.29, 0.717) is 11.7 Å². The van der Waals surface area contributed by atoms with Gasteiger partial charge in [0.2, 0.25) is 5.76 Å². The number of nitrogens with zero attached hydrogens (tertiary/aromatic N) is 2. The third kappa shape index (κ3) is 4.56. The van der Waals surface area contributed by atoms with Gasteiger partial charge in [-0.15, -0.1) is 0 Å². The van der Waals surface area contributed by atoms with Crippen molar-refractivity contribution < 1.29 is 9.21 Å². The summed E-state index contributed by atoms with van der Waals surface area (Å²) in [4.78, 5) is 19.3. The summed E-state index contributed by atoms with van der Waals surface area (Å²) < 4.78 is 5.68. The van der Waals surface area contributed by atoms with Crippen LogP contribution in [0.2, 0.25) is 0 Å². The molecule has 2 fully saturated rings. The van der Waals surface area contributed by atoms with Crippen LogP contribution >= 0.6 is 0 Å². The van der Waals surface area contributed by atoms with Crippen molar-refractivity contribution >= 4 is 5.91 Å². The highest BCUT2D eigenvalue weighted by atomic mass is 16.4. The van der Waals surface area contributed by atoms with E-state index in [1.54, 1.807) is 0 Å². The van der Waals surface area contributed by atoms with Crippen molar-refractivity contribution in [3.63, 3.8) is 0 Å². The van der Waals surface area contributed by atoms with E-state index in [1.807, 2.05) is 6.92 Å². The monoisotopic (exact) mass is 319 g/mol. The van der Waals surface area contributed by atoms with Gasteiger partial charge in [-0.2, -0.15) is 0 Å². The Morgan fingerprint density at radius 3 is 2.65 bits per heavy atom. The predicted molar refractivity (Wildman–Crippen MR) is 89.5 cm³/mol. The lowest BCUT2D eigenvalue weighted by Gasteiger charge is -2.31. The summed E-state index contributed by atoms with van der Waals surface area (Å²) in [6.45, 7) is 8.33. The minimum atomic E-state index is -0.104. The molecule has 1 aliphatic carbocycles. The Bertz CT molecular complexity index is 528. The Labute approximate surface area is 138 Å². The third-order valence-corrected chi connectivity index (χ3v) is 5.01. The van der Waals surface area contributed by atoms with Crippen LogP contribution in [0.3, 0.4) is 0 Å². The molecule has 1 aliphatic heterocycles. The molecule has 5 heteroatoms. The van der Waals surface area contributed by atoms with Crippen LogP contribution < -0.4 is 5.32 Å². The number of oxazole rings is 1. The lowest BCUT2D eigenvalue weighted by Crippen LogP contribution is -2.38. The fourth-order valence-corrected chi connectivity index (χ4v) is 3.37. The van der Waals surface area contributed by atoms with E-state index >= 15 is 0 Å². The van der Waals surface area contributed by atoms with Crippen LogP contribution in [0.5, 0.6) is 0 Å². The van der Waals surface area contributed by atoms with Gasteiger partial charge in [0.15, 0.2) is 5.89 Å². The van der Waals surface area contributed by atoms with Crippen LogP contribution in [0.4, 0.5) is 0 Å². The van der Waals surface area contributed by atoms with Gasteiger partial charge in [-0.3, -0.25) is 4.79 Å². The van der Waals surface area contributed by atoms with E-state index in [2.05, 4.69) is 22.1 Å². The van der Waals surface area contributed by atoms with Crippen LogP contribution in [-0.2, 0) is 6.42 Å². The largest absolute Gasteiger partial charge is 0.435 e. The van der Waals surface area contributed by atoms with Crippen molar-refractivity contribution in [2.24, 2.45) is 11.8 Å². The van der Waals surface area contributed by atoms with Crippen molar-refractivity contribution in [3.05, 3.63) is 17.3 Å². The average Bonchev–Trinajstić information content (AvgIpc) is 3.28. The minimum absolute atomic E-state index is 0.104. The molecule has 1 aromatic rings. The van der Waals surface area contributed by atoms with Crippen molar-refractivity contribution in [3.8, 4) is 0 Å². The van der Waals surface area contributed by atoms with E-state index in [4.69, 9.17) is 4.42 Å². The molecule has 128 valence electrons. The molecule has 1 saturated heterocycles. The number of aryl methyl sites for hydroxylation is 1. The molecule has 1 saturated carbocycles. The Hall–Kier alpha value is -1.36. The normalized spacial score (nSPS) is 19.9. The smallest absolute Gasteiger partial charge is 0.289 e. The van der Waals surface area contributed by atoms with Crippen LogP contribution in [0, 0.1) is 18.8 Å². The Morgan fingerprint density at radius 2 is 2.00 bits per heavy atom. The molecular weight excluding hydrogens is 290 g/mol. The number of hydrogen-bond donors (Lipinski definition) is 1. The molecule has 1 aromatic heterocycles. The fourth-order valence-electron chi connectivity index (χ4n) is 3.37. The van der Waals surface area contributed by atoms with Crippen LogP contribution in [0.15, 0.2) is 4.42 Å². The van der Waals surface area contributed by atoms with E-state index in [0.717, 1.165) is 43.6 Å². The van der Waals surface area contributed by atoms with Crippen LogP contribution in [0.25, 0.3) is 0 Å². The molecule has 0 spiro atoms. The molecule has 1 amide bonds. The van der Waals surface area contributed by atoms with Crippen molar-refractivity contribution in [1.82, 2.24) is 15.2 Å². The first-order valence-corrected chi connectivity index (χ1v) is 9.12. The molecule has 1 N–H and O–H groups in total. The maximum Gasteiger partial charge on any atom is 0.289 e. The van der Waals surface area contributed by atoms with Crippen molar-refractivity contribution in [2.75, 3.05) is 26.2 Å². The number of piperidine rings is 1. The Balaban J connectivity index is 1.45. The third-order valence-electron chi connectivity index (χ3n) is 5.01. The summed E-state index contributed by atoms with van der Waals surface area (Å²) in [5.74, 6) is 2.33. The zero-order valence-corrected chi connectivity index (χ0v) is 14.4. The predicted octanol–water partition coefficient (Wildman–Crippen LogP) is 2.79. The quantitative estimate of drug-likeness (QED) is 0.839. The van der Waals surface area contributed by atoms with Gasteiger partial charge in [-0.1, -0.05) is 6.92 Å². The number of rotatable bonds is 7. The van der Waals surface area contributed by atoms with E-state index < -0.39 is 0 Å². The number of aromatic nitrogens is 1. The van der Waals surface area contributed by atoms with E-state index in [-0.39, 0.29) is 5.91 Å². The molecule has 0 atom stereocenters. The Kier molecular flexibility index (Phi) is 5.36. The molecule has 0 unspecified atom stereocenters. The first-order valence-electron chi connectivity index (χ1n) is 9.12. The first kappa shape index (κ1) is 16.5. The summed E-state index contributed by atoms with van der Waals surface area (Å²) in [6.07, 6.45) is 6.96. The zero-order valence-electron chi connectivity index (χ0n) is 14.4. The van der Waals surface area contributed by atoms with Crippen LogP contribution in [-0.4, -0.2) is 42.0 Å². The van der Waals surface area contributed by atoms with Gasteiger partial charge < -0.3 is 14.6 Å². The highest BCUT2D eigenvalue weighted by Gasteiger charge is 2.26. The lowest BCUT2D eigenvalue weighted by atomic mass is 9.96. The van der Waals surface area contributed by atoms with E-state index in [1.165, 1.54) is 38.6 Å². The summed E-state index contributed by atoms with van der Waals surface area (Å²) in [6, 6.07) is 0. The molecule has 0 bridgehead atoms. The zero-order chi connectivity index (χ0) is 16.2. The van der Waals surface area contributed by atoms with Gasteiger partial charge in [0.25, 0.3) is 5.91 Å². The lowest BCUT2D eigenvalue weighted by molar-refractivity contribution is 0.0905. The fraction of sp³-hybridized carbons (Fsp3) is 0.778. The highest BCUT2D eigenvalue weighted by Crippen LogP contribution is 2.32. The van der Waals surface area contributed by atoms with Gasteiger partial charge in [-0.05, 0) is 70.5 Å². The minimum Gasteiger partial charge on any atom is -0.435 e. The SMILES string of the molecule is CCCN1CCC(CNC(=O)c2oc(CC3CC3)nc2C)CC1. The van der Waals surface area contributed by atoms with Gasteiger partial charge in [-0.25, -0.2) is 4.98 Å². The first-order chi connectivity index (χ1) is 11.2. The van der Waals surface area contributed by atoms with E-state index in [9.17, 15) is 4.79 Å². The van der Waals surface area contributed by atoms with Gasteiger partial charge >= 0.3 is 0 Å². The second-order valence-electron chi connectivity index (χ2n) is 7.16. The van der Waals surface area contributed by atoms with Gasteiger partial charge in [0.05, 0.1) is 5.69 Å². The number of amides is 1. The maximum absolute atomic E-state index is 12.3. The highest BCUT2D eigenvalue weighted by molar-refractivity contribution is 5.92.